The number of nitrogens with zero attached hydrogens (tertiary/aromatic N) is 2. The summed E-state index contributed by atoms with van der Waals surface area (Å²) < 4.78 is 0. The summed E-state index contributed by atoms with van der Waals surface area (Å²) in [6, 6.07) is 17.0. The first-order valence-corrected chi connectivity index (χ1v) is 11.1. The SMILES string of the molecule is O=C(Nc1ncc(Cc2ccccc2)s1)C1CCCN(C(=O)c2ccc(Cl)cc2)C1. The Bertz CT molecular complexity index is 1020. The van der Waals surface area contributed by atoms with Crippen molar-refractivity contribution in [2.24, 2.45) is 5.92 Å². The molecule has 3 aromatic rings. The second-order valence-electron chi connectivity index (χ2n) is 7.38. The monoisotopic (exact) mass is 439 g/mol. The third kappa shape index (κ3) is 5.07. The van der Waals surface area contributed by atoms with Gasteiger partial charge < -0.3 is 10.2 Å². The molecule has 4 rings (SSSR count). The van der Waals surface area contributed by atoms with Crippen molar-refractivity contribution in [3.8, 4) is 0 Å². The second-order valence-corrected chi connectivity index (χ2v) is 8.93. The number of likely N-dealkylation sites (tertiary alicyclic amines) is 1. The highest BCUT2D eigenvalue weighted by Gasteiger charge is 2.29. The van der Waals surface area contributed by atoms with E-state index in [2.05, 4.69) is 22.4 Å². The molecule has 1 aliphatic heterocycles. The molecule has 2 heterocycles. The van der Waals surface area contributed by atoms with Gasteiger partial charge in [-0.2, -0.15) is 0 Å². The van der Waals surface area contributed by atoms with Crippen LogP contribution in [0, 0.1) is 5.92 Å². The van der Waals surface area contributed by atoms with Gasteiger partial charge in [0, 0.05) is 41.2 Å². The van der Waals surface area contributed by atoms with Crippen LogP contribution in [-0.4, -0.2) is 34.8 Å². The molecule has 30 heavy (non-hydrogen) atoms. The molecule has 2 aromatic carbocycles. The van der Waals surface area contributed by atoms with Crippen molar-refractivity contribution in [2.45, 2.75) is 19.3 Å². The molecular weight excluding hydrogens is 418 g/mol. The number of anilines is 1. The Hall–Kier alpha value is -2.70. The lowest BCUT2D eigenvalue weighted by Crippen LogP contribution is -2.43. The van der Waals surface area contributed by atoms with Gasteiger partial charge in [0.1, 0.15) is 0 Å². The summed E-state index contributed by atoms with van der Waals surface area (Å²) in [5.41, 5.74) is 1.80. The number of carbonyl (C=O) groups is 2. The van der Waals surface area contributed by atoms with E-state index < -0.39 is 0 Å². The Balaban J connectivity index is 1.35. The van der Waals surface area contributed by atoms with Crippen molar-refractivity contribution in [1.29, 1.82) is 0 Å². The van der Waals surface area contributed by atoms with E-state index in [9.17, 15) is 9.59 Å². The first kappa shape index (κ1) is 20.6. The summed E-state index contributed by atoms with van der Waals surface area (Å²) in [4.78, 5) is 32.7. The van der Waals surface area contributed by atoms with Gasteiger partial charge in [-0.15, -0.1) is 11.3 Å². The second kappa shape index (κ2) is 9.41. The fourth-order valence-corrected chi connectivity index (χ4v) is 4.58. The quantitative estimate of drug-likeness (QED) is 0.616. The molecule has 5 nitrogen and oxygen atoms in total. The molecule has 1 saturated heterocycles. The number of hydrogen-bond acceptors (Lipinski definition) is 4. The molecule has 1 aromatic heterocycles. The van der Waals surface area contributed by atoms with Crippen LogP contribution in [0.25, 0.3) is 0 Å². The van der Waals surface area contributed by atoms with E-state index in [0.717, 1.165) is 24.1 Å². The summed E-state index contributed by atoms with van der Waals surface area (Å²) in [7, 11) is 0. The number of thiazole rings is 1. The average molecular weight is 440 g/mol. The van der Waals surface area contributed by atoms with E-state index in [1.165, 1.54) is 16.9 Å². The Morgan fingerprint density at radius 3 is 2.67 bits per heavy atom. The van der Waals surface area contributed by atoms with E-state index >= 15 is 0 Å². The average Bonchev–Trinajstić information content (AvgIpc) is 3.21. The lowest BCUT2D eigenvalue weighted by Gasteiger charge is -2.32. The molecule has 1 atom stereocenters. The Morgan fingerprint density at radius 2 is 1.90 bits per heavy atom. The molecule has 1 aliphatic rings. The normalized spacial score (nSPS) is 16.3. The van der Waals surface area contributed by atoms with Gasteiger partial charge in [-0.1, -0.05) is 41.9 Å². The summed E-state index contributed by atoms with van der Waals surface area (Å²) in [6.45, 7) is 1.07. The molecule has 1 N–H and O–H groups in total. The standard InChI is InChI=1S/C23H22ClN3O2S/c24-19-10-8-17(9-11-19)22(29)27-12-4-7-18(15-27)21(28)26-23-25-14-20(30-23)13-16-5-2-1-3-6-16/h1-3,5-6,8-11,14,18H,4,7,12-13,15H2,(H,25,26,28). The van der Waals surface area contributed by atoms with Crippen molar-refractivity contribution in [3.05, 3.63) is 81.8 Å². The number of halogens is 1. The molecule has 0 spiro atoms. The third-order valence-electron chi connectivity index (χ3n) is 5.18. The molecule has 2 amide bonds. The Kier molecular flexibility index (Phi) is 6.45. The minimum atomic E-state index is -0.239. The molecule has 0 aliphatic carbocycles. The fourth-order valence-electron chi connectivity index (χ4n) is 3.60. The number of carbonyl (C=O) groups excluding carboxylic acids is 2. The summed E-state index contributed by atoms with van der Waals surface area (Å²) in [5, 5.41) is 4.14. The van der Waals surface area contributed by atoms with E-state index in [1.807, 2.05) is 24.4 Å². The van der Waals surface area contributed by atoms with Gasteiger partial charge in [-0.3, -0.25) is 9.59 Å². The zero-order valence-corrected chi connectivity index (χ0v) is 18.0. The van der Waals surface area contributed by atoms with Crippen molar-refractivity contribution in [2.75, 3.05) is 18.4 Å². The maximum absolute atomic E-state index is 12.8. The largest absolute Gasteiger partial charge is 0.338 e. The zero-order valence-electron chi connectivity index (χ0n) is 16.4. The summed E-state index contributed by atoms with van der Waals surface area (Å²) in [5.74, 6) is -0.385. The van der Waals surface area contributed by atoms with Gasteiger partial charge in [0.25, 0.3) is 5.91 Å². The van der Waals surface area contributed by atoms with Crippen molar-refractivity contribution in [3.63, 3.8) is 0 Å². The van der Waals surface area contributed by atoms with Gasteiger partial charge in [0.2, 0.25) is 5.91 Å². The summed E-state index contributed by atoms with van der Waals surface area (Å²) >= 11 is 7.40. The predicted molar refractivity (Wildman–Crippen MR) is 120 cm³/mol. The molecule has 1 fully saturated rings. The molecule has 0 bridgehead atoms. The van der Waals surface area contributed by atoms with Crippen LogP contribution in [0.5, 0.6) is 0 Å². The highest BCUT2D eigenvalue weighted by atomic mass is 35.5. The molecule has 0 saturated carbocycles. The van der Waals surface area contributed by atoms with Crippen LogP contribution in [0.15, 0.2) is 60.8 Å². The lowest BCUT2D eigenvalue weighted by atomic mass is 9.96. The Morgan fingerprint density at radius 1 is 1.13 bits per heavy atom. The van der Waals surface area contributed by atoms with Gasteiger partial charge in [-0.25, -0.2) is 4.98 Å². The molecule has 7 heteroatoms. The smallest absolute Gasteiger partial charge is 0.253 e. The van der Waals surface area contributed by atoms with Gasteiger partial charge >= 0.3 is 0 Å². The maximum Gasteiger partial charge on any atom is 0.253 e. The van der Waals surface area contributed by atoms with Crippen LogP contribution >= 0.6 is 22.9 Å². The van der Waals surface area contributed by atoms with Crippen molar-refractivity contribution >= 4 is 39.9 Å². The first-order chi connectivity index (χ1) is 14.6. The first-order valence-electron chi connectivity index (χ1n) is 9.93. The van der Waals surface area contributed by atoms with E-state index in [4.69, 9.17) is 11.6 Å². The van der Waals surface area contributed by atoms with Crippen molar-refractivity contribution in [1.82, 2.24) is 9.88 Å². The van der Waals surface area contributed by atoms with Gasteiger partial charge in [-0.05, 0) is 42.7 Å². The minimum absolute atomic E-state index is 0.0661. The number of hydrogen-bond donors (Lipinski definition) is 1. The van der Waals surface area contributed by atoms with Crippen LogP contribution in [0.3, 0.4) is 0 Å². The molecule has 0 radical (unpaired) electrons. The highest BCUT2D eigenvalue weighted by Crippen LogP contribution is 2.24. The molecule has 1 unspecified atom stereocenters. The van der Waals surface area contributed by atoms with E-state index in [1.54, 1.807) is 29.2 Å². The van der Waals surface area contributed by atoms with Gasteiger partial charge in [0.15, 0.2) is 5.13 Å². The van der Waals surface area contributed by atoms with Crippen LogP contribution in [-0.2, 0) is 11.2 Å². The maximum atomic E-state index is 12.8. The van der Waals surface area contributed by atoms with Crippen molar-refractivity contribution < 1.29 is 9.59 Å². The van der Waals surface area contributed by atoms with Crippen LogP contribution < -0.4 is 5.32 Å². The van der Waals surface area contributed by atoms with E-state index in [-0.39, 0.29) is 17.7 Å². The van der Waals surface area contributed by atoms with Crippen LogP contribution in [0.2, 0.25) is 5.02 Å². The van der Waals surface area contributed by atoms with Gasteiger partial charge in [0.05, 0.1) is 5.92 Å². The molecule has 154 valence electrons. The van der Waals surface area contributed by atoms with E-state index in [0.29, 0.717) is 28.8 Å². The number of benzene rings is 2. The number of rotatable bonds is 5. The highest BCUT2D eigenvalue weighted by molar-refractivity contribution is 7.15. The molecular formula is C23H22ClN3O2S. The number of amides is 2. The summed E-state index contributed by atoms with van der Waals surface area (Å²) in [6.07, 6.45) is 4.17. The minimum Gasteiger partial charge on any atom is -0.338 e. The lowest BCUT2D eigenvalue weighted by molar-refractivity contribution is -0.121. The van der Waals surface area contributed by atoms with Crippen LogP contribution in [0.4, 0.5) is 5.13 Å². The Labute approximate surface area is 184 Å². The predicted octanol–water partition coefficient (Wildman–Crippen LogP) is 4.88. The number of piperidine rings is 1. The zero-order chi connectivity index (χ0) is 20.9. The fraction of sp³-hybridized carbons (Fsp3) is 0.261. The third-order valence-corrected chi connectivity index (χ3v) is 6.34. The topological polar surface area (TPSA) is 62.3 Å². The number of nitrogens with one attached hydrogen (secondary N) is 1. The van der Waals surface area contributed by atoms with Crippen LogP contribution in [0.1, 0.15) is 33.6 Å². The number of aromatic nitrogens is 1.